The minimum Gasteiger partial charge on any atom is -0.490 e. The zero-order valence-corrected chi connectivity index (χ0v) is 17.6. The van der Waals surface area contributed by atoms with E-state index in [1.165, 1.54) is 0 Å². The van der Waals surface area contributed by atoms with E-state index in [9.17, 15) is 4.79 Å². The van der Waals surface area contributed by atoms with E-state index in [4.69, 9.17) is 14.2 Å². The molecule has 1 unspecified atom stereocenters. The summed E-state index contributed by atoms with van der Waals surface area (Å²) in [5.74, 6) is 1.48. The quantitative estimate of drug-likeness (QED) is 0.717. The first-order valence-corrected chi connectivity index (χ1v) is 10.4. The summed E-state index contributed by atoms with van der Waals surface area (Å²) in [6, 6.07) is 15.7. The van der Waals surface area contributed by atoms with Crippen molar-refractivity contribution in [1.82, 2.24) is 5.32 Å². The second-order valence-electron chi connectivity index (χ2n) is 7.33. The third-order valence-electron chi connectivity index (χ3n) is 5.52. The summed E-state index contributed by atoms with van der Waals surface area (Å²) in [6.45, 7) is 8.21. The monoisotopic (exact) mass is 397 g/mol. The summed E-state index contributed by atoms with van der Waals surface area (Å²) in [6.07, 6.45) is 1.37. The van der Waals surface area contributed by atoms with Gasteiger partial charge in [-0.2, -0.15) is 0 Å². The summed E-state index contributed by atoms with van der Waals surface area (Å²) in [7, 11) is 0. The SMILES string of the molecule is CCOc1ccc(C(C)NC(=O)C2(c3ccccc3)CCOCC2)cc1OCC. The topological polar surface area (TPSA) is 56.8 Å². The van der Waals surface area contributed by atoms with Crippen LogP contribution in [-0.4, -0.2) is 32.3 Å². The molecule has 0 bridgehead atoms. The van der Waals surface area contributed by atoms with Crippen molar-refractivity contribution in [2.24, 2.45) is 0 Å². The normalized spacial score (nSPS) is 16.7. The van der Waals surface area contributed by atoms with E-state index in [0.717, 1.165) is 16.9 Å². The van der Waals surface area contributed by atoms with Gasteiger partial charge in [0.2, 0.25) is 5.91 Å². The van der Waals surface area contributed by atoms with Gasteiger partial charge in [-0.25, -0.2) is 0 Å². The van der Waals surface area contributed by atoms with E-state index >= 15 is 0 Å². The van der Waals surface area contributed by atoms with Crippen LogP contribution in [0.4, 0.5) is 0 Å². The zero-order chi connectivity index (χ0) is 20.7. The zero-order valence-electron chi connectivity index (χ0n) is 17.6. The molecule has 1 N–H and O–H groups in total. The number of amides is 1. The maximum atomic E-state index is 13.5. The number of hydrogen-bond donors (Lipinski definition) is 1. The predicted molar refractivity (Wildman–Crippen MR) is 114 cm³/mol. The summed E-state index contributed by atoms with van der Waals surface area (Å²) in [4.78, 5) is 13.5. The van der Waals surface area contributed by atoms with Gasteiger partial charge in [-0.3, -0.25) is 4.79 Å². The molecule has 1 fully saturated rings. The van der Waals surface area contributed by atoms with E-state index in [1.54, 1.807) is 0 Å². The molecular weight excluding hydrogens is 366 g/mol. The molecule has 0 aromatic heterocycles. The van der Waals surface area contributed by atoms with Gasteiger partial charge in [-0.15, -0.1) is 0 Å². The number of carbonyl (C=O) groups excluding carboxylic acids is 1. The van der Waals surface area contributed by atoms with Crippen LogP contribution in [0.2, 0.25) is 0 Å². The van der Waals surface area contributed by atoms with Gasteiger partial charge in [0, 0.05) is 13.2 Å². The molecule has 1 aliphatic heterocycles. The molecule has 1 saturated heterocycles. The van der Waals surface area contributed by atoms with Gasteiger partial charge in [-0.1, -0.05) is 36.4 Å². The van der Waals surface area contributed by atoms with Crippen LogP contribution in [0.5, 0.6) is 11.5 Å². The minimum absolute atomic E-state index is 0.0475. The highest BCUT2D eigenvalue weighted by atomic mass is 16.5. The first kappa shape index (κ1) is 21.2. The number of hydrogen-bond acceptors (Lipinski definition) is 4. The fourth-order valence-corrected chi connectivity index (χ4v) is 3.88. The lowest BCUT2D eigenvalue weighted by Gasteiger charge is -2.37. The minimum atomic E-state index is -0.554. The average molecular weight is 398 g/mol. The molecule has 3 rings (SSSR count). The van der Waals surface area contributed by atoms with Crippen LogP contribution in [0, 0.1) is 0 Å². The molecule has 2 aromatic rings. The lowest BCUT2D eigenvalue weighted by molar-refractivity contribution is -0.131. The van der Waals surface area contributed by atoms with Crippen LogP contribution >= 0.6 is 0 Å². The molecule has 0 spiro atoms. The van der Waals surface area contributed by atoms with Gasteiger partial charge in [0.05, 0.1) is 24.7 Å². The van der Waals surface area contributed by atoms with Crippen molar-refractivity contribution in [3.8, 4) is 11.5 Å². The van der Waals surface area contributed by atoms with Gasteiger partial charge >= 0.3 is 0 Å². The van der Waals surface area contributed by atoms with E-state index in [1.807, 2.05) is 69.3 Å². The van der Waals surface area contributed by atoms with Crippen LogP contribution in [0.15, 0.2) is 48.5 Å². The molecule has 0 saturated carbocycles. The molecule has 1 amide bonds. The molecule has 2 aromatic carbocycles. The summed E-state index contributed by atoms with van der Waals surface area (Å²) < 4.78 is 16.9. The standard InChI is InChI=1S/C24H31NO4/c1-4-28-21-12-11-19(17-22(21)29-5-2)18(3)25-23(26)24(13-15-27-16-14-24)20-9-7-6-8-10-20/h6-12,17-18H,4-5,13-16H2,1-3H3,(H,25,26). The number of benzene rings is 2. The van der Waals surface area contributed by atoms with Gasteiger partial charge < -0.3 is 19.5 Å². The Kier molecular flexibility index (Phi) is 7.15. The largest absolute Gasteiger partial charge is 0.490 e. The Bertz CT molecular complexity index is 800. The van der Waals surface area contributed by atoms with E-state index < -0.39 is 5.41 Å². The summed E-state index contributed by atoms with van der Waals surface area (Å²) >= 11 is 0. The fraction of sp³-hybridized carbons (Fsp3) is 0.458. The summed E-state index contributed by atoms with van der Waals surface area (Å²) in [5, 5.41) is 3.24. The molecule has 5 heteroatoms. The summed E-state index contributed by atoms with van der Waals surface area (Å²) in [5.41, 5.74) is 1.48. The van der Waals surface area contributed by atoms with Gasteiger partial charge in [0.15, 0.2) is 11.5 Å². The van der Waals surface area contributed by atoms with Crippen LogP contribution in [0.1, 0.15) is 50.8 Å². The van der Waals surface area contributed by atoms with Crippen molar-refractivity contribution in [2.75, 3.05) is 26.4 Å². The van der Waals surface area contributed by atoms with Gasteiger partial charge in [-0.05, 0) is 56.9 Å². The highest BCUT2D eigenvalue weighted by Crippen LogP contribution is 2.36. The maximum Gasteiger partial charge on any atom is 0.231 e. The van der Waals surface area contributed by atoms with E-state index in [2.05, 4.69) is 5.32 Å². The molecule has 0 aliphatic carbocycles. The van der Waals surface area contributed by atoms with Crippen molar-refractivity contribution in [2.45, 2.75) is 45.1 Å². The van der Waals surface area contributed by atoms with Gasteiger partial charge in [0.25, 0.3) is 0 Å². The predicted octanol–water partition coefficient (Wildman–Crippen LogP) is 4.41. The van der Waals surface area contributed by atoms with Crippen molar-refractivity contribution < 1.29 is 19.0 Å². The Labute approximate surface area is 173 Å². The van der Waals surface area contributed by atoms with Crippen molar-refractivity contribution >= 4 is 5.91 Å². The highest BCUT2D eigenvalue weighted by Gasteiger charge is 2.42. The Morgan fingerprint density at radius 1 is 1.03 bits per heavy atom. The fourth-order valence-electron chi connectivity index (χ4n) is 3.88. The Morgan fingerprint density at radius 3 is 2.34 bits per heavy atom. The highest BCUT2D eigenvalue weighted by molar-refractivity contribution is 5.88. The Balaban J connectivity index is 1.82. The first-order chi connectivity index (χ1) is 14.1. The molecule has 5 nitrogen and oxygen atoms in total. The third kappa shape index (κ3) is 4.73. The molecule has 29 heavy (non-hydrogen) atoms. The average Bonchev–Trinajstić information content (AvgIpc) is 2.76. The smallest absolute Gasteiger partial charge is 0.231 e. The molecule has 1 atom stereocenters. The van der Waals surface area contributed by atoms with Gasteiger partial charge in [0.1, 0.15) is 0 Å². The molecule has 1 aliphatic rings. The van der Waals surface area contributed by atoms with Crippen molar-refractivity contribution in [3.63, 3.8) is 0 Å². The lowest BCUT2D eigenvalue weighted by atomic mass is 9.73. The number of ether oxygens (including phenoxy) is 3. The molecule has 0 radical (unpaired) electrons. The van der Waals surface area contributed by atoms with Crippen LogP contribution < -0.4 is 14.8 Å². The Morgan fingerprint density at radius 2 is 1.69 bits per heavy atom. The molecule has 1 heterocycles. The first-order valence-electron chi connectivity index (χ1n) is 10.4. The second kappa shape index (κ2) is 9.79. The number of rotatable bonds is 8. The van der Waals surface area contributed by atoms with Crippen LogP contribution in [0.3, 0.4) is 0 Å². The van der Waals surface area contributed by atoms with E-state index in [-0.39, 0.29) is 11.9 Å². The molecular formula is C24H31NO4. The third-order valence-corrected chi connectivity index (χ3v) is 5.52. The van der Waals surface area contributed by atoms with Crippen LogP contribution in [0.25, 0.3) is 0 Å². The van der Waals surface area contributed by atoms with Crippen molar-refractivity contribution in [3.05, 3.63) is 59.7 Å². The number of carbonyl (C=O) groups is 1. The van der Waals surface area contributed by atoms with E-state index in [0.29, 0.717) is 45.0 Å². The molecule has 156 valence electrons. The van der Waals surface area contributed by atoms with Crippen LogP contribution in [-0.2, 0) is 14.9 Å². The van der Waals surface area contributed by atoms with Crippen molar-refractivity contribution in [1.29, 1.82) is 0 Å². The maximum absolute atomic E-state index is 13.5. The Hall–Kier alpha value is -2.53. The second-order valence-corrected chi connectivity index (χ2v) is 7.33. The number of nitrogens with one attached hydrogen (secondary N) is 1. The lowest BCUT2D eigenvalue weighted by Crippen LogP contribution is -2.48.